The molecule has 4 rings (SSSR count). The number of nitrogens with one attached hydrogen (secondary N) is 1. The molecule has 0 saturated heterocycles. The first kappa shape index (κ1) is 31.1. The van der Waals surface area contributed by atoms with Crippen LogP contribution in [0.1, 0.15) is 43.5 Å². The second-order valence-corrected chi connectivity index (χ2v) is 10.1. The predicted molar refractivity (Wildman–Crippen MR) is 144 cm³/mol. The Balaban J connectivity index is 1.37. The highest BCUT2D eigenvalue weighted by Gasteiger charge is 2.51. The molecule has 4 aromatic rings. The summed E-state index contributed by atoms with van der Waals surface area (Å²) in [5, 5.41) is 10.1. The Kier molecular flexibility index (Phi) is 9.11. The number of carbonyl (C=O) groups excluding carboxylic acids is 2. The zero-order valence-corrected chi connectivity index (χ0v) is 23.7. The molecule has 0 spiro atoms. The highest BCUT2D eigenvalue weighted by molar-refractivity contribution is 5.91. The van der Waals surface area contributed by atoms with Gasteiger partial charge in [-0.15, -0.1) is 5.10 Å². The number of benzene rings is 1. The number of halogens is 4. The molecule has 1 N–H and O–H groups in total. The van der Waals surface area contributed by atoms with Crippen LogP contribution in [0.4, 0.5) is 23.4 Å². The summed E-state index contributed by atoms with van der Waals surface area (Å²) in [7, 11) is 1.48. The van der Waals surface area contributed by atoms with Gasteiger partial charge in [0.2, 0.25) is 11.8 Å². The molecule has 0 aliphatic heterocycles. The van der Waals surface area contributed by atoms with E-state index in [1.807, 2.05) is 0 Å². The molecule has 0 fully saturated rings. The molecule has 3 heterocycles. The van der Waals surface area contributed by atoms with Crippen LogP contribution in [-0.4, -0.2) is 56.7 Å². The molecule has 0 bridgehead atoms. The van der Waals surface area contributed by atoms with E-state index in [0.717, 1.165) is 25.5 Å². The van der Waals surface area contributed by atoms with Crippen molar-refractivity contribution >= 4 is 17.7 Å². The van der Waals surface area contributed by atoms with E-state index in [9.17, 15) is 27.2 Å². The Morgan fingerprint density at radius 2 is 1.79 bits per heavy atom. The van der Waals surface area contributed by atoms with E-state index in [0.29, 0.717) is 35.8 Å². The summed E-state index contributed by atoms with van der Waals surface area (Å²) in [5.41, 5.74) is -0.519. The van der Waals surface area contributed by atoms with Gasteiger partial charge in [-0.3, -0.25) is 14.3 Å². The molecule has 0 aliphatic carbocycles. The van der Waals surface area contributed by atoms with Crippen molar-refractivity contribution in [3.63, 3.8) is 0 Å². The summed E-state index contributed by atoms with van der Waals surface area (Å²) in [5.74, 6) is -1.57. The van der Waals surface area contributed by atoms with Gasteiger partial charge in [0.25, 0.3) is 0 Å². The molecular weight excluding hydrogens is 576 g/mol. The molecule has 228 valence electrons. The summed E-state index contributed by atoms with van der Waals surface area (Å²) in [6.07, 6.45) is 0.144. The topological polar surface area (TPSA) is 134 Å². The van der Waals surface area contributed by atoms with E-state index in [1.54, 1.807) is 16.9 Å². The third kappa shape index (κ3) is 7.53. The van der Waals surface area contributed by atoms with Crippen molar-refractivity contribution in [2.75, 3.05) is 19.0 Å². The number of methoxy groups -OCH3 is 1. The Morgan fingerprint density at radius 3 is 2.42 bits per heavy atom. The zero-order valence-electron chi connectivity index (χ0n) is 23.7. The van der Waals surface area contributed by atoms with Crippen LogP contribution in [-0.2, 0) is 39.1 Å². The van der Waals surface area contributed by atoms with Gasteiger partial charge in [-0.1, -0.05) is 17.3 Å². The van der Waals surface area contributed by atoms with E-state index in [4.69, 9.17) is 14.0 Å². The van der Waals surface area contributed by atoms with Crippen molar-refractivity contribution in [2.45, 2.75) is 51.7 Å². The molecule has 43 heavy (non-hydrogen) atoms. The maximum Gasteiger partial charge on any atom is 0.401 e. The zero-order chi connectivity index (χ0) is 31.4. The second-order valence-electron chi connectivity index (χ2n) is 10.1. The van der Waals surface area contributed by atoms with Gasteiger partial charge in [0.1, 0.15) is 23.7 Å². The van der Waals surface area contributed by atoms with Crippen molar-refractivity contribution in [2.24, 2.45) is 0 Å². The van der Waals surface area contributed by atoms with Crippen LogP contribution in [0.3, 0.4) is 0 Å². The molecule has 15 heteroatoms. The highest BCUT2D eigenvalue weighted by Crippen LogP contribution is 2.41. The number of esters is 1. The number of anilines is 1. The lowest BCUT2D eigenvalue weighted by molar-refractivity contribution is -0.185. The van der Waals surface area contributed by atoms with Crippen molar-refractivity contribution in [3.05, 3.63) is 71.4 Å². The van der Waals surface area contributed by atoms with Crippen molar-refractivity contribution in [1.82, 2.24) is 24.9 Å². The van der Waals surface area contributed by atoms with Crippen LogP contribution in [0, 0.1) is 5.82 Å². The predicted octanol–water partition coefficient (Wildman–Crippen LogP) is 4.65. The van der Waals surface area contributed by atoms with Gasteiger partial charge in [-0.05, 0) is 31.0 Å². The molecule has 1 amide bonds. The number of hydrogen-bond donors (Lipinski definition) is 1. The van der Waals surface area contributed by atoms with Gasteiger partial charge in [-0.2, -0.15) is 13.2 Å². The number of hydrogen-bond acceptors (Lipinski definition) is 9. The Morgan fingerprint density at radius 1 is 1.07 bits per heavy atom. The third-order valence-electron chi connectivity index (χ3n) is 6.51. The smallest absolute Gasteiger partial charge is 0.401 e. The molecule has 0 aliphatic rings. The molecule has 1 aromatic carbocycles. The first-order valence-corrected chi connectivity index (χ1v) is 12.9. The summed E-state index contributed by atoms with van der Waals surface area (Å²) < 4.78 is 71.2. The van der Waals surface area contributed by atoms with Gasteiger partial charge >= 0.3 is 12.1 Å². The van der Waals surface area contributed by atoms with Crippen LogP contribution >= 0.6 is 0 Å². The highest BCUT2D eigenvalue weighted by atomic mass is 19.4. The SMILES string of the molecule is COc1nn(CCOC(C)=O)cc1Cc1ncc(-c2ccc(CC(=O)Nc3cc(C(C)(C)C(F)(F)F)on3)c(F)c2)cn1. The van der Waals surface area contributed by atoms with Crippen LogP contribution in [0.5, 0.6) is 5.88 Å². The molecule has 11 nitrogen and oxygen atoms in total. The van der Waals surface area contributed by atoms with Crippen LogP contribution in [0.15, 0.2) is 47.4 Å². The number of alkyl halides is 3. The lowest BCUT2D eigenvalue weighted by Gasteiger charge is -2.24. The first-order valence-electron chi connectivity index (χ1n) is 12.9. The average molecular weight is 605 g/mol. The average Bonchev–Trinajstić information content (AvgIpc) is 3.56. The fraction of sp³-hybridized carbons (Fsp3) is 0.357. The van der Waals surface area contributed by atoms with E-state index in [-0.39, 0.29) is 30.4 Å². The van der Waals surface area contributed by atoms with Crippen LogP contribution in [0.25, 0.3) is 11.1 Å². The largest absolute Gasteiger partial charge is 0.480 e. The third-order valence-corrected chi connectivity index (χ3v) is 6.51. The Labute approximate surface area is 243 Å². The van der Waals surface area contributed by atoms with Gasteiger partial charge < -0.3 is 19.3 Å². The summed E-state index contributed by atoms with van der Waals surface area (Å²) in [6, 6.07) is 5.24. The summed E-state index contributed by atoms with van der Waals surface area (Å²) >= 11 is 0. The Bertz CT molecular complexity index is 1600. The van der Waals surface area contributed by atoms with Gasteiger partial charge in [0.15, 0.2) is 11.6 Å². The van der Waals surface area contributed by atoms with Crippen LogP contribution in [0.2, 0.25) is 0 Å². The minimum Gasteiger partial charge on any atom is -0.480 e. The van der Waals surface area contributed by atoms with E-state index >= 15 is 0 Å². The fourth-order valence-electron chi connectivity index (χ4n) is 3.90. The minimum absolute atomic E-state index is 0.0657. The summed E-state index contributed by atoms with van der Waals surface area (Å²) in [6.45, 7) is 3.69. The number of rotatable bonds is 11. The van der Waals surface area contributed by atoms with Crippen molar-refractivity contribution in [3.8, 4) is 17.0 Å². The second kappa shape index (κ2) is 12.6. The van der Waals surface area contributed by atoms with Crippen LogP contribution < -0.4 is 10.1 Å². The number of amides is 1. The lowest BCUT2D eigenvalue weighted by Crippen LogP contribution is -2.35. The number of nitrogens with zero attached hydrogens (tertiary/aromatic N) is 5. The van der Waals surface area contributed by atoms with E-state index in [1.165, 1.54) is 38.6 Å². The molecule has 0 atom stereocenters. The number of carbonyl (C=O) groups is 2. The Hall–Kier alpha value is -4.82. The first-order chi connectivity index (χ1) is 20.3. The number of ether oxygens (including phenoxy) is 2. The monoisotopic (exact) mass is 604 g/mol. The van der Waals surface area contributed by atoms with Crippen molar-refractivity contribution < 1.29 is 41.1 Å². The molecule has 0 saturated carbocycles. The number of aromatic nitrogens is 5. The standard InChI is InChI=1S/C28H28F4N6O5/c1-16(39)42-8-7-38-15-19(26(36-38)41-4)10-23-33-13-20(14-34-23)17-5-6-18(21(29)9-17)11-25(40)35-24-12-22(43-37-24)27(2,3)28(30,31)32/h5-6,9,12-15H,7-8,10-11H2,1-4H3,(H,35,37,40). The molecular formula is C28H28F4N6O5. The lowest BCUT2D eigenvalue weighted by atomic mass is 9.89. The van der Waals surface area contributed by atoms with Gasteiger partial charge in [0.05, 0.1) is 20.1 Å². The van der Waals surface area contributed by atoms with Gasteiger partial charge in [0, 0.05) is 49.1 Å². The van der Waals surface area contributed by atoms with Crippen molar-refractivity contribution in [1.29, 1.82) is 0 Å². The normalized spacial score (nSPS) is 11.8. The van der Waals surface area contributed by atoms with E-state index in [2.05, 4.69) is 25.5 Å². The minimum atomic E-state index is -4.59. The van der Waals surface area contributed by atoms with E-state index < -0.39 is 29.1 Å². The maximum atomic E-state index is 14.9. The quantitative estimate of drug-likeness (QED) is 0.192. The molecule has 0 radical (unpaired) electrons. The van der Waals surface area contributed by atoms with Gasteiger partial charge in [-0.25, -0.2) is 14.4 Å². The fourth-order valence-corrected chi connectivity index (χ4v) is 3.90. The molecule has 3 aromatic heterocycles. The maximum absolute atomic E-state index is 14.9. The molecule has 0 unspecified atom stereocenters. The summed E-state index contributed by atoms with van der Waals surface area (Å²) in [4.78, 5) is 32.1.